The number of fused-ring (bicyclic) bond motifs is 1. The Morgan fingerprint density at radius 2 is 1.95 bits per heavy atom. The Bertz CT molecular complexity index is 697. The molecule has 1 aliphatic rings. The van der Waals surface area contributed by atoms with Crippen LogP contribution in [0, 0.1) is 23.2 Å². The highest BCUT2D eigenvalue weighted by atomic mass is 16.5. The fourth-order valence-electron chi connectivity index (χ4n) is 3.23. The Morgan fingerprint density at radius 3 is 2.64 bits per heavy atom. The molecule has 3 rings (SSSR count). The van der Waals surface area contributed by atoms with Gasteiger partial charge in [0.1, 0.15) is 12.4 Å². The number of nitrogens with zero attached hydrogens (tertiary/aromatic N) is 3. The van der Waals surface area contributed by atoms with Crippen LogP contribution in [0.25, 0.3) is 10.9 Å². The number of rotatable bonds is 3. The van der Waals surface area contributed by atoms with Crippen LogP contribution in [0.15, 0.2) is 24.5 Å². The first-order valence-corrected chi connectivity index (χ1v) is 7.99. The molecular weight excluding hydrogens is 274 g/mol. The minimum absolute atomic E-state index is 0.221. The number of benzene rings is 1. The quantitative estimate of drug-likeness (QED) is 0.855. The Balaban J connectivity index is 1.78. The summed E-state index contributed by atoms with van der Waals surface area (Å²) in [5.74, 6) is 2.17. The molecule has 0 aliphatic heterocycles. The van der Waals surface area contributed by atoms with Gasteiger partial charge in [0.25, 0.3) is 0 Å². The van der Waals surface area contributed by atoms with E-state index in [9.17, 15) is 0 Å². The summed E-state index contributed by atoms with van der Waals surface area (Å²) >= 11 is 0. The van der Waals surface area contributed by atoms with Crippen LogP contribution in [0.3, 0.4) is 0 Å². The third-order valence-corrected chi connectivity index (χ3v) is 4.67. The second-order valence-electron chi connectivity index (χ2n) is 6.42. The van der Waals surface area contributed by atoms with Gasteiger partial charge >= 0.3 is 0 Å². The lowest BCUT2D eigenvalue weighted by Gasteiger charge is -2.30. The predicted octanol–water partition coefficient (Wildman–Crippen LogP) is 4.10. The maximum absolute atomic E-state index is 9.06. The average Bonchev–Trinajstić information content (AvgIpc) is 2.55. The van der Waals surface area contributed by atoms with Crippen LogP contribution in [0.1, 0.15) is 45.1 Å². The molecule has 0 atom stereocenters. The van der Waals surface area contributed by atoms with E-state index in [1.54, 1.807) is 6.07 Å². The molecule has 1 aromatic carbocycles. The topological polar surface area (TPSA) is 58.8 Å². The van der Waals surface area contributed by atoms with Gasteiger partial charge in [0, 0.05) is 0 Å². The van der Waals surface area contributed by atoms with Crippen molar-refractivity contribution in [2.45, 2.75) is 45.6 Å². The highest BCUT2D eigenvalue weighted by molar-refractivity contribution is 5.84. The molecule has 22 heavy (non-hydrogen) atoms. The second kappa shape index (κ2) is 6.31. The van der Waals surface area contributed by atoms with Gasteiger partial charge in [0.05, 0.1) is 22.5 Å². The highest BCUT2D eigenvalue weighted by Gasteiger charge is 2.25. The van der Waals surface area contributed by atoms with Gasteiger partial charge in [-0.1, -0.05) is 13.8 Å². The van der Waals surface area contributed by atoms with Gasteiger partial charge in [-0.2, -0.15) is 5.26 Å². The van der Waals surface area contributed by atoms with Gasteiger partial charge in [-0.3, -0.25) is 0 Å². The first-order chi connectivity index (χ1) is 10.7. The molecule has 4 nitrogen and oxygen atoms in total. The van der Waals surface area contributed by atoms with Crippen molar-refractivity contribution in [2.24, 2.45) is 11.8 Å². The van der Waals surface area contributed by atoms with Gasteiger partial charge < -0.3 is 4.74 Å². The molecule has 1 aliphatic carbocycles. The molecule has 0 bridgehead atoms. The first-order valence-electron chi connectivity index (χ1n) is 7.99. The van der Waals surface area contributed by atoms with E-state index < -0.39 is 0 Å². The van der Waals surface area contributed by atoms with Crippen molar-refractivity contribution in [2.75, 3.05) is 0 Å². The van der Waals surface area contributed by atoms with Crippen molar-refractivity contribution in [3.05, 3.63) is 30.1 Å². The third-order valence-electron chi connectivity index (χ3n) is 4.67. The lowest BCUT2D eigenvalue weighted by Crippen LogP contribution is -2.26. The maximum Gasteiger partial charge on any atom is 0.224 e. The smallest absolute Gasteiger partial charge is 0.224 e. The molecule has 1 heterocycles. The zero-order valence-corrected chi connectivity index (χ0v) is 13.1. The summed E-state index contributed by atoms with van der Waals surface area (Å²) in [6, 6.07) is 7.58. The molecule has 114 valence electrons. The second-order valence-corrected chi connectivity index (χ2v) is 6.42. The molecular formula is C18H21N3O. The molecule has 4 heteroatoms. The number of hydrogen-bond acceptors (Lipinski definition) is 4. The minimum Gasteiger partial charge on any atom is -0.474 e. The van der Waals surface area contributed by atoms with Gasteiger partial charge in [-0.25, -0.2) is 9.97 Å². The van der Waals surface area contributed by atoms with E-state index in [4.69, 9.17) is 10.00 Å². The standard InChI is InChI=1S/C18H21N3O/c1-12(2)14-4-6-15(7-5-14)22-18-16-9-13(10-19)3-8-17(16)20-11-21-18/h3,8-9,11-12,14-15H,4-7H2,1-2H3. The Labute approximate surface area is 131 Å². The van der Waals surface area contributed by atoms with Crippen LogP contribution < -0.4 is 4.74 Å². The molecule has 1 fully saturated rings. The normalized spacial score (nSPS) is 21.7. The van der Waals surface area contributed by atoms with Crippen molar-refractivity contribution in [3.8, 4) is 11.9 Å². The van der Waals surface area contributed by atoms with E-state index in [0.717, 1.165) is 35.6 Å². The van der Waals surface area contributed by atoms with Crippen LogP contribution >= 0.6 is 0 Å². The predicted molar refractivity (Wildman–Crippen MR) is 85.5 cm³/mol. The molecule has 0 unspecified atom stereocenters. The zero-order valence-electron chi connectivity index (χ0n) is 13.1. The minimum atomic E-state index is 0.221. The molecule has 1 aromatic heterocycles. The lowest BCUT2D eigenvalue weighted by molar-refractivity contribution is 0.114. The summed E-state index contributed by atoms with van der Waals surface area (Å²) in [4.78, 5) is 8.53. The van der Waals surface area contributed by atoms with Gasteiger partial charge in [-0.05, 0) is 55.7 Å². The lowest BCUT2D eigenvalue weighted by atomic mass is 9.80. The Kier molecular flexibility index (Phi) is 4.24. The van der Waals surface area contributed by atoms with Crippen LogP contribution in [0.2, 0.25) is 0 Å². The fraction of sp³-hybridized carbons (Fsp3) is 0.500. The van der Waals surface area contributed by atoms with Crippen molar-refractivity contribution < 1.29 is 4.74 Å². The molecule has 0 spiro atoms. The zero-order chi connectivity index (χ0) is 15.5. The highest BCUT2D eigenvalue weighted by Crippen LogP contribution is 2.33. The maximum atomic E-state index is 9.06. The Hall–Kier alpha value is -2.15. The van der Waals surface area contributed by atoms with Crippen LogP contribution in [0.4, 0.5) is 0 Å². The van der Waals surface area contributed by atoms with E-state index in [-0.39, 0.29) is 6.10 Å². The van der Waals surface area contributed by atoms with E-state index in [0.29, 0.717) is 11.4 Å². The summed E-state index contributed by atoms with van der Waals surface area (Å²) in [5.41, 5.74) is 1.43. The average molecular weight is 295 g/mol. The molecule has 0 saturated heterocycles. The van der Waals surface area contributed by atoms with Crippen molar-refractivity contribution in [1.29, 1.82) is 5.26 Å². The largest absolute Gasteiger partial charge is 0.474 e. The van der Waals surface area contributed by atoms with Gasteiger partial charge in [-0.15, -0.1) is 0 Å². The first kappa shape index (κ1) is 14.8. The summed E-state index contributed by atoms with van der Waals surface area (Å²) in [6.07, 6.45) is 6.34. The SMILES string of the molecule is CC(C)C1CCC(Oc2ncnc3ccc(C#N)cc23)CC1. The summed E-state index contributed by atoms with van der Waals surface area (Å²) in [5, 5.41) is 9.89. The van der Waals surface area contributed by atoms with E-state index in [1.807, 2.05) is 12.1 Å². The molecule has 0 N–H and O–H groups in total. The third kappa shape index (κ3) is 3.04. The van der Waals surface area contributed by atoms with Crippen LogP contribution in [-0.4, -0.2) is 16.1 Å². The van der Waals surface area contributed by atoms with E-state index in [1.165, 1.54) is 19.2 Å². The van der Waals surface area contributed by atoms with Crippen molar-refractivity contribution in [3.63, 3.8) is 0 Å². The number of aromatic nitrogens is 2. The van der Waals surface area contributed by atoms with Gasteiger partial charge in [0.2, 0.25) is 5.88 Å². The summed E-state index contributed by atoms with van der Waals surface area (Å²) in [6.45, 7) is 4.60. The fourth-order valence-corrected chi connectivity index (χ4v) is 3.23. The van der Waals surface area contributed by atoms with E-state index >= 15 is 0 Å². The number of hydrogen-bond donors (Lipinski definition) is 0. The molecule has 0 amide bonds. The summed E-state index contributed by atoms with van der Waals surface area (Å²) in [7, 11) is 0. The molecule has 1 saturated carbocycles. The summed E-state index contributed by atoms with van der Waals surface area (Å²) < 4.78 is 6.14. The number of ether oxygens (including phenoxy) is 1. The van der Waals surface area contributed by atoms with Gasteiger partial charge in [0.15, 0.2) is 0 Å². The monoisotopic (exact) mass is 295 g/mol. The molecule has 0 radical (unpaired) electrons. The van der Waals surface area contributed by atoms with Crippen molar-refractivity contribution in [1.82, 2.24) is 9.97 Å². The van der Waals surface area contributed by atoms with Crippen LogP contribution in [0.5, 0.6) is 5.88 Å². The Morgan fingerprint density at radius 1 is 1.18 bits per heavy atom. The number of nitriles is 1. The van der Waals surface area contributed by atoms with Crippen molar-refractivity contribution >= 4 is 10.9 Å². The van der Waals surface area contributed by atoms with Crippen LogP contribution in [-0.2, 0) is 0 Å². The molecule has 2 aromatic rings. The van der Waals surface area contributed by atoms with E-state index in [2.05, 4.69) is 29.9 Å².